The molecule has 0 aliphatic heterocycles. The first-order chi connectivity index (χ1) is 9.31. The monoisotopic (exact) mass is 282 g/mol. The van der Waals surface area contributed by atoms with Gasteiger partial charge in [0, 0.05) is 19.6 Å². The zero-order chi connectivity index (χ0) is 15.3. The van der Waals surface area contributed by atoms with Crippen LogP contribution in [-0.4, -0.2) is 53.5 Å². The first-order valence-electron chi connectivity index (χ1n) is 6.47. The highest BCUT2D eigenvalue weighted by Crippen LogP contribution is 2.26. The lowest BCUT2D eigenvalue weighted by atomic mass is 10.2. The maximum Gasteiger partial charge on any atom is 0.329 e. The first kappa shape index (κ1) is 16.1. The lowest BCUT2D eigenvalue weighted by Crippen LogP contribution is -2.35. The lowest BCUT2D eigenvalue weighted by Gasteiger charge is -2.26. The quantitative estimate of drug-likeness (QED) is 0.587. The van der Waals surface area contributed by atoms with E-state index in [2.05, 4.69) is 23.8 Å². The van der Waals surface area contributed by atoms with E-state index >= 15 is 0 Å². The predicted molar refractivity (Wildman–Crippen MR) is 78.7 cm³/mol. The van der Waals surface area contributed by atoms with Gasteiger partial charge in [0.2, 0.25) is 11.8 Å². The van der Waals surface area contributed by atoms with Crippen molar-refractivity contribution in [1.82, 2.24) is 14.9 Å². The van der Waals surface area contributed by atoms with E-state index in [1.165, 1.54) is 6.20 Å². The Kier molecular flexibility index (Phi) is 5.63. The Morgan fingerprint density at radius 3 is 2.55 bits per heavy atom. The van der Waals surface area contributed by atoms with Crippen molar-refractivity contribution in [3.63, 3.8) is 0 Å². The van der Waals surface area contributed by atoms with Crippen LogP contribution in [0.25, 0.3) is 0 Å². The van der Waals surface area contributed by atoms with Gasteiger partial charge in [-0.1, -0.05) is 13.8 Å². The van der Waals surface area contributed by atoms with Gasteiger partial charge in [-0.3, -0.25) is 10.1 Å². The normalized spacial score (nSPS) is 11.1. The van der Waals surface area contributed by atoms with Crippen molar-refractivity contribution in [1.29, 1.82) is 0 Å². The summed E-state index contributed by atoms with van der Waals surface area (Å²) in [7, 11) is 3.91. The Hall–Kier alpha value is -1.96. The molecule has 0 saturated carbocycles. The van der Waals surface area contributed by atoms with Crippen molar-refractivity contribution in [3.8, 4) is 0 Å². The van der Waals surface area contributed by atoms with Crippen LogP contribution in [-0.2, 0) is 0 Å². The molecule has 0 bridgehead atoms. The van der Waals surface area contributed by atoms with Crippen LogP contribution in [0.4, 0.5) is 17.5 Å². The molecule has 0 radical (unpaired) electrons. The van der Waals surface area contributed by atoms with Crippen molar-refractivity contribution >= 4 is 17.5 Å². The third-order valence-electron chi connectivity index (χ3n) is 2.67. The molecule has 0 amide bonds. The zero-order valence-corrected chi connectivity index (χ0v) is 12.4. The van der Waals surface area contributed by atoms with Gasteiger partial charge in [-0.25, -0.2) is 4.98 Å². The van der Waals surface area contributed by atoms with Crippen LogP contribution in [0.1, 0.15) is 13.8 Å². The molecule has 112 valence electrons. The summed E-state index contributed by atoms with van der Waals surface area (Å²) in [5, 5.41) is 11.1. The van der Waals surface area contributed by atoms with Crippen molar-refractivity contribution in [2.75, 3.05) is 44.4 Å². The average Bonchev–Trinajstić information content (AvgIpc) is 2.33. The molecule has 0 saturated heterocycles. The van der Waals surface area contributed by atoms with Crippen LogP contribution in [0.5, 0.6) is 0 Å². The molecule has 1 aromatic heterocycles. The van der Waals surface area contributed by atoms with E-state index in [-0.39, 0.29) is 17.5 Å². The average molecular weight is 282 g/mol. The first-order valence-corrected chi connectivity index (χ1v) is 6.47. The van der Waals surface area contributed by atoms with Crippen LogP contribution < -0.4 is 10.6 Å². The van der Waals surface area contributed by atoms with Gasteiger partial charge in [-0.15, -0.1) is 0 Å². The second-order valence-electron chi connectivity index (χ2n) is 5.34. The summed E-state index contributed by atoms with van der Waals surface area (Å²) in [5.74, 6) is 0.690. The Bertz CT molecular complexity index is 463. The highest BCUT2D eigenvalue weighted by atomic mass is 16.6. The van der Waals surface area contributed by atoms with Crippen LogP contribution in [0.2, 0.25) is 0 Å². The van der Waals surface area contributed by atoms with Gasteiger partial charge in [-0.05, 0) is 20.0 Å². The van der Waals surface area contributed by atoms with Gasteiger partial charge in [0.1, 0.15) is 6.20 Å². The third kappa shape index (κ3) is 4.61. The summed E-state index contributed by atoms with van der Waals surface area (Å²) >= 11 is 0. The zero-order valence-electron chi connectivity index (χ0n) is 12.4. The molecule has 0 aromatic carbocycles. The number of rotatable bonds is 7. The predicted octanol–water partition coefficient (Wildman–Crippen LogP) is 0.991. The minimum absolute atomic E-state index is 0.0456. The summed E-state index contributed by atoms with van der Waals surface area (Å²) in [6.45, 7) is 6.19. The number of nitrogen functional groups attached to an aromatic ring is 1. The SMILES string of the molecule is CC(C)CN(CCN(C)C)c1nc(N)ncc1[N+](=O)[O-]. The van der Waals surface area contributed by atoms with E-state index in [4.69, 9.17) is 5.73 Å². The molecule has 20 heavy (non-hydrogen) atoms. The van der Waals surface area contributed by atoms with Gasteiger partial charge in [-0.2, -0.15) is 4.98 Å². The van der Waals surface area contributed by atoms with E-state index in [1.54, 1.807) is 0 Å². The Morgan fingerprint density at radius 1 is 1.40 bits per heavy atom. The molecule has 0 unspecified atom stereocenters. The standard InChI is InChI=1S/C12H22N6O2/c1-9(2)8-17(6-5-16(3)4)11-10(18(19)20)7-14-12(13)15-11/h7,9H,5-6,8H2,1-4H3,(H2,13,14,15). The number of nitrogens with zero attached hydrogens (tertiary/aromatic N) is 5. The number of aromatic nitrogens is 2. The van der Waals surface area contributed by atoms with E-state index in [0.29, 0.717) is 19.0 Å². The van der Waals surface area contributed by atoms with Gasteiger partial charge < -0.3 is 15.5 Å². The fourth-order valence-electron chi connectivity index (χ4n) is 1.79. The molecule has 1 heterocycles. The van der Waals surface area contributed by atoms with E-state index in [9.17, 15) is 10.1 Å². The van der Waals surface area contributed by atoms with Crippen LogP contribution in [0.15, 0.2) is 6.20 Å². The Labute approximate surface area is 118 Å². The maximum absolute atomic E-state index is 11.1. The summed E-state index contributed by atoms with van der Waals surface area (Å²) < 4.78 is 0. The summed E-state index contributed by atoms with van der Waals surface area (Å²) in [4.78, 5) is 22.3. The molecule has 0 aliphatic rings. The highest BCUT2D eigenvalue weighted by molar-refractivity contribution is 5.58. The molecular weight excluding hydrogens is 260 g/mol. The Morgan fingerprint density at radius 2 is 2.05 bits per heavy atom. The highest BCUT2D eigenvalue weighted by Gasteiger charge is 2.23. The van der Waals surface area contributed by atoms with Crippen molar-refractivity contribution in [2.24, 2.45) is 5.92 Å². The van der Waals surface area contributed by atoms with E-state index in [0.717, 1.165) is 6.54 Å². The minimum atomic E-state index is -0.474. The van der Waals surface area contributed by atoms with Gasteiger partial charge in [0.25, 0.3) is 0 Å². The summed E-state index contributed by atoms with van der Waals surface area (Å²) in [5.41, 5.74) is 5.46. The largest absolute Gasteiger partial charge is 0.368 e. The molecule has 8 heteroatoms. The number of hydrogen-bond donors (Lipinski definition) is 1. The number of hydrogen-bond acceptors (Lipinski definition) is 7. The topological polar surface area (TPSA) is 101 Å². The smallest absolute Gasteiger partial charge is 0.329 e. The van der Waals surface area contributed by atoms with Crippen LogP contribution >= 0.6 is 0 Å². The minimum Gasteiger partial charge on any atom is -0.368 e. The van der Waals surface area contributed by atoms with Crippen molar-refractivity contribution in [3.05, 3.63) is 16.3 Å². The van der Waals surface area contributed by atoms with Crippen LogP contribution in [0, 0.1) is 16.0 Å². The van der Waals surface area contributed by atoms with Crippen molar-refractivity contribution in [2.45, 2.75) is 13.8 Å². The van der Waals surface area contributed by atoms with E-state index in [1.807, 2.05) is 23.9 Å². The third-order valence-corrected chi connectivity index (χ3v) is 2.67. The maximum atomic E-state index is 11.1. The molecule has 1 rings (SSSR count). The van der Waals surface area contributed by atoms with Gasteiger partial charge >= 0.3 is 5.69 Å². The fourth-order valence-corrected chi connectivity index (χ4v) is 1.79. The van der Waals surface area contributed by atoms with Gasteiger partial charge in [0.05, 0.1) is 4.92 Å². The molecule has 8 nitrogen and oxygen atoms in total. The summed E-state index contributed by atoms with van der Waals surface area (Å²) in [6, 6.07) is 0. The number of anilines is 2. The van der Waals surface area contributed by atoms with Crippen molar-refractivity contribution < 1.29 is 4.92 Å². The molecule has 0 atom stereocenters. The second kappa shape index (κ2) is 6.99. The number of likely N-dealkylation sites (N-methyl/N-ethyl adjacent to an activating group) is 1. The molecule has 2 N–H and O–H groups in total. The van der Waals surface area contributed by atoms with Gasteiger partial charge in [0.15, 0.2) is 0 Å². The number of nitro groups is 1. The second-order valence-corrected chi connectivity index (χ2v) is 5.34. The van der Waals surface area contributed by atoms with E-state index < -0.39 is 4.92 Å². The molecule has 0 aliphatic carbocycles. The lowest BCUT2D eigenvalue weighted by molar-refractivity contribution is -0.384. The Balaban J connectivity index is 3.10. The fraction of sp³-hybridized carbons (Fsp3) is 0.667. The summed E-state index contributed by atoms with van der Waals surface area (Å²) in [6.07, 6.45) is 1.17. The molecular formula is C12H22N6O2. The molecule has 0 fully saturated rings. The molecule has 1 aromatic rings. The molecule has 0 spiro atoms. The number of nitrogens with two attached hydrogens (primary N) is 1. The van der Waals surface area contributed by atoms with Crippen LogP contribution in [0.3, 0.4) is 0 Å².